The number of carbonyl (C=O) groups excluding carboxylic acids is 1. The molecule has 2 aliphatic heterocycles. The number of hydrogen-bond acceptors (Lipinski definition) is 5. The second-order valence-electron chi connectivity index (χ2n) is 7.07. The zero-order valence-corrected chi connectivity index (χ0v) is 17.1. The van der Waals surface area contributed by atoms with E-state index in [1.807, 2.05) is 25.7 Å². The van der Waals surface area contributed by atoms with Gasteiger partial charge in [-0.1, -0.05) is 19.8 Å². The number of nitrogens with one attached hydrogen (secondary N) is 1. The van der Waals surface area contributed by atoms with E-state index in [0.717, 1.165) is 25.6 Å². The molecule has 1 N–H and O–H groups in total. The topological polar surface area (TPSA) is 57.2 Å². The van der Waals surface area contributed by atoms with Gasteiger partial charge in [-0.05, 0) is 27.2 Å². The van der Waals surface area contributed by atoms with Crippen LogP contribution in [0.1, 0.15) is 47.0 Å². The van der Waals surface area contributed by atoms with Gasteiger partial charge in [-0.25, -0.2) is 4.79 Å². The van der Waals surface area contributed by atoms with Crippen molar-refractivity contribution in [1.29, 1.82) is 0 Å². The first-order chi connectivity index (χ1) is 10.4. The molecular formula is C16H31IN4O2. The number of carbonyl (C=O) groups is 1. The maximum absolute atomic E-state index is 12.2. The summed E-state index contributed by atoms with van der Waals surface area (Å²) in [7, 11) is 0. The zero-order chi connectivity index (χ0) is 16.2. The highest BCUT2D eigenvalue weighted by atomic mass is 127. The summed E-state index contributed by atoms with van der Waals surface area (Å²) in [4.78, 5) is 20.9. The van der Waals surface area contributed by atoms with Crippen molar-refractivity contribution in [3.63, 3.8) is 0 Å². The number of hydrogen-bond donors (Lipinski definition) is 1. The lowest BCUT2D eigenvalue weighted by Crippen LogP contribution is -2.57. The molecule has 1 amide bonds. The van der Waals surface area contributed by atoms with E-state index < -0.39 is 5.60 Å². The minimum absolute atomic E-state index is 0. The minimum Gasteiger partial charge on any atom is -0.444 e. The second kappa shape index (κ2) is 8.94. The van der Waals surface area contributed by atoms with Gasteiger partial charge >= 0.3 is 6.09 Å². The Kier molecular flexibility index (Phi) is 7.89. The van der Waals surface area contributed by atoms with Crippen LogP contribution >= 0.6 is 24.0 Å². The first kappa shape index (κ1) is 20.3. The van der Waals surface area contributed by atoms with Crippen LogP contribution in [-0.2, 0) is 4.74 Å². The van der Waals surface area contributed by atoms with Crippen LogP contribution in [0, 0.1) is 0 Å². The van der Waals surface area contributed by atoms with Gasteiger partial charge in [0.25, 0.3) is 0 Å². The zero-order valence-electron chi connectivity index (χ0n) is 14.8. The number of amides is 1. The van der Waals surface area contributed by atoms with E-state index in [2.05, 4.69) is 22.1 Å². The number of aliphatic imine (C=N–C) groups is 1. The quantitative estimate of drug-likeness (QED) is 0.542. The van der Waals surface area contributed by atoms with Crippen molar-refractivity contribution in [2.24, 2.45) is 4.99 Å². The van der Waals surface area contributed by atoms with Gasteiger partial charge in [0, 0.05) is 26.2 Å². The number of unbranched alkanes of at least 4 members (excludes halogenated alkanes) is 2. The molecule has 7 heteroatoms. The molecule has 1 fully saturated rings. The highest BCUT2D eigenvalue weighted by Crippen LogP contribution is 2.18. The molecule has 0 bridgehead atoms. The summed E-state index contributed by atoms with van der Waals surface area (Å²) < 4.78 is 5.46. The molecule has 0 spiro atoms. The van der Waals surface area contributed by atoms with Gasteiger partial charge in [-0.15, -0.1) is 24.0 Å². The lowest BCUT2D eigenvalue weighted by molar-refractivity contribution is 0.0137. The van der Waals surface area contributed by atoms with E-state index in [4.69, 9.17) is 4.74 Å². The summed E-state index contributed by atoms with van der Waals surface area (Å²) >= 11 is 0. The van der Waals surface area contributed by atoms with Crippen LogP contribution in [0.15, 0.2) is 4.99 Å². The largest absolute Gasteiger partial charge is 0.444 e. The summed E-state index contributed by atoms with van der Waals surface area (Å²) in [5, 5.41) is 3.44. The fourth-order valence-electron chi connectivity index (χ4n) is 2.80. The van der Waals surface area contributed by atoms with Crippen molar-refractivity contribution in [2.45, 2.75) is 58.6 Å². The number of fused-ring (bicyclic) bond motifs is 1. The third-order valence-corrected chi connectivity index (χ3v) is 3.92. The molecule has 1 saturated heterocycles. The average molecular weight is 438 g/mol. The van der Waals surface area contributed by atoms with Crippen molar-refractivity contribution in [1.82, 2.24) is 15.1 Å². The third-order valence-electron chi connectivity index (χ3n) is 3.92. The van der Waals surface area contributed by atoms with Gasteiger partial charge < -0.3 is 19.9 Å². The molecule has 0 saturated carbocycles. The summed E-state index contributed by atoms with van der Waals surface area (Å²) in [6, 6.07) is 0.287. The molecule has 2 heterocycles. The smallest absolute Gasteiger partial charge is 0.410 e. The molecule has 23 heavy (non-hydrogen) atoms. The molecule has 0 aliphatic carbocycles. The van der Waals surface area contributed by atoms with E-state index in [1.54, 1.807) is 0 Å². The number of nitrogens with zero attached hydrogens (tertiary/aromatic N) is 3. The van der Waals surface area contributed by atoms with E-state index in [-0.39, 0.29) is 36.1 Å². The van der Waals surface area contributed by atoms with Gasteiger partial charge in [-0.3, -0.25) is 4.99 Å². The molecular weight excluding hydrogens is 407 g/mol. The molecule has 0 aromatic rings. The van der Waals surface area contributed by atoms with E-state index >= 15 is 0 Å². The Labute approximate surface area is 157 Å². The van der Waals surface area contributed by atoms with E-state index in [0.29, 0.717) is 13.1 Å². The van der Waals surface area contributed by atoms with Gasteiger partial charge in [0.1, 0.15) is 5.60 Å². The lowest BCUT2D eigenvalue weighted by atomic mass is 10.2. The Morgan fingerprint density at radius 3 is 2.74 bits per heavy atom. The summed E-state index contributed by atoms with van der Waals surface area (Å²) in [5.41, 5.74) is -0.438. The second-order valence-corrected chi connectivity index (χ2v) is 7.07. The van der Waals surface area contributed by atoms with E-state index in [9.17, 15) is 4.79 Å². The molecule has 0 aromatic heterocycles. The highest BCUT2D eigenvalue weighted by molar-refractivity contribution is 14.0. The number of halogens is 1. The van der Waals surface area contributed by atoms with Gasteiger partial charge in [-0.2, -0.15) is 0 Å². The van der Waals surface area contributed by atoms with Gasteiger partial charge in [0.2, 0.25) is 0 Å². The van der Waals surface area contributed by atoms with Crippen LogP contribution in [0.4, 0.5) is 4.79 Å². The normalized spacial score (nSPS) is 20.5. The standard InChI is InChI=1S/C16H30N4O2.HI/c1-5-6-7-8-17-14-18-11-13-12-19(9-10-20(13)14)15(21)22-16(2,3)4;/h13H,5-12H2,1-4H3,(H,17,18);1H. The van der Waals surface area contributed by atoms with E-state index in [1.165, 1.54) is 19.3 Å². The fourth-order valence-corrected chi connectivity index (χ4v) is 2.80. The molecule has 1 unspecified atom stereocenters. The maximum atomic E-state index is 12.2. The molecule has 1 atom stereocenters. The average Bonchev–Trinajstić information content (AvgIpc) is 2.84. The van der Waals surface area contributed by atoms with Crippen molar-refractivity contribution in [3.8, 4) is 0 Å². The summed E-state index contributed by atoms with van der Waals surface area (Å²) in [6.45, 7) is 11.9. The Hall–Kier alpha value is -0.730. The predicted octanol–water partition coefficient (Wildman–Crippen LogP) is 2.68. The molecule has 6 nitrogen and oxygen atoms in total. The number of piperazine rings is 1. The van der Waals surface area contributed by atoms with Crippen molar-refractivity contribution < 1.29 is 9.53 Å². The Balaban J connectivity index is 0.00000264. The van der Waals surface area contributed by atoms with Crippen LogP contribution in [0.25, 0.3) is 0 Å². The van der Waals surface area contributed by atoms with Crippen LogP contribution in [0.2, 0.25) is 0 Å². The molecule has 2 aliphatic rings. The van der Waals surface area contributed by atoms with Crippen molar-refractivity contribution >= 4 is 36.0 Å². The number of ether oxygens (including phenoxy) is 1. The molecule has 0 radical (unpaired) electrons. The maximum Gasteiger partial charge on any atom is 0.410 e. The third kappa shape index (κ3) is 6.00. The van der Waals surface area contributed by atoms with Crippen LogP contribution < -0.4 is 5.32 Å². The SMILES string of the molecule is CCCCCNC1=NCC2CN(C(=O)OC(C)(C)C)CCN12.I. The monoisotopic (exact) mass is 438 g/mol. The highest BCUT2D eigenvalue weighted by Gasteiger charge is 2.36. The predicted molar refractivity (Wildman–Crippen MR) is 104 cm³/mol. The first-order valence-electron chi connectivity index (χ1n) is 8.43. The van der Waals surface area contributed by atoms with Crippen molar-refractivity contribution in [3.05, 3.63) is 0 Å². The molecule has 134 valence electrons. The first-order valence-corrected chi connectivity index (χ1v) is 8.43. The summed E-state index contributed by atoms with van der Waals surface area (Å²) in [5.74, 6) is 1.00. The van der Waals surface area contributed by atoms with Crippen molar-refractivity contribution in [2.75, 3.05) is 32.7 Å². The van der Waals surface area contributed by atoms with Crippen LogP contribution in [0.5, 0.6) is 0 Å². The number of guanidine groups is 1. The Morgan fingerprint density at radius 1 is 1.35 bits per heavy atom. The Morgan fingerprint density at radius 2 is 2.09 bits per heavy atom. The van der Waals surface area contributed by atoms with Crippen LogP contribution in [-0.4, -0.2) is 66.2 Å². The van der Waals surface area contributed by atoms with Gasteiger partial charge in [0.15, 0.2) is 5.96 Å². The van der Waals surface area contributed by atoms with Crippen LogP contribution in [0.3, 0.4) is 0 Å². The number of rotatable bonds is 4. The summed E-state index contributed by atoms with van der Waals surface area (Å²) in [6.07, 6.45) is 3.44. The molecule has 2 rings (SSSR count). The fraction of sp³-hybridized carbons (Fsp3) is 0.875. The Bertz CT molecular complexity index is 423. The lowest BCUT2D eigenvalue weighted by Gasteiger charge is -2.39. The molecule has 0 aromatic carbocycles. The minimum atomic E-state index is -0.438. The van der Waals surface area contributed by atoms with Gasteiger partial charge in [0.05, 0.1) is 12.6 Å².